The maximum Gasteiger partial charge on any atom is 0.137 e. The lowest BCUT2D eigenvalue weighted by molar-refractivity contribution is 0.415. The molecule has 0 saturated carbocycles. The van der Waals surface area contributed by atoms with Gasteiger partial charge in [0.15, 0.2) is 0 Å². The van der Waals surface area contributed by atoms with Gasteiger partial charge in [-0.2, -0.15) is 0 Å². The van der Waals surface area contributed by atoms with Crippen molar-refractivity contribution in [1.29, 1.82) is 0 Å². The van der Waals surface area contributed by atoms with Gasteiger partial charge in [-0.15, -0.1) is 0 Å². The quantitative estimate of drug-likeness (QED) is 0.798. The van der Waals surface area contributed by atoms with Crippen molar-refractivity contribution in [2.24, 2.45) is 0 Å². The Morgan fingerprint density at radius 3 is 2.74 bits per heavy atom. The van der Waals surface area contributed by atoms with Crippen molar-refractivity contribution in [3.63, 3.8) is 0 Å². The van der Waals surface area contributed by atoms with E-state index < -0.39 is 0 Å². The second-order valence-corrected chi connectivity index (χ2v) is 5.56. The maximum atomic E-state index is 13.4. The Morgan fingerprint density at radius 1 is 1.21 bits per heavy atom. The van der Waals surface area contributed by atoms with Gasteiger partial charge in [-0.3, -0.25) is 0 Å². The van der Waals surface area contributed by atoms with E-state index in [1.54, 1.807) is 13.2 Å². The van der Waals surface area contributed by atoms with Crippen LogP contribution in [0.25, 0.3) is 0 Å². The summed E-state index contributed by atoms with van der Waals surface area (Å²) in [7, 11) is 1.62. The van der Waals surface area contributed by atoms with Gasteiger partial charge in [0.25, 0.3) is 0 Å². The normalized spacial score (nSPS) is 10.3. The Kier molecular flexibility index (Phi) is 4.82. The van der Waals surface area contributed by atoms with Crippen molar-refractivity contribution in [3.05, 3.63) is 56.7 Å². The van der Waals surface area contributed by atoms with Gasteiger partial charge in [-0.1, -0.05) is 12.1 Å². The van der Waals surface area contributed by atoms with Crippen LogP contribution in [0.4, 0.5) is 10.1 Å². The fourth-order valence-corrected chi connectivity index (χ4v) is 2.43. The van der Waals surface area contributed by atoms with Crippen molar-refractivity contribution in [2.45, 2.75) is 6.54 Å². The van der Waals surface area contributed by atoms with E-state index in [1.165, 1.54) is 6.07 Å². The van der Waals surface area contributed by atoms with E-state index >= 15 is 0 Å². The Balaban J connectivity index is 2.16. The highest BCUT2D eigenvalue weighted by Gasteiger charge is 2.06. The molecule has 0 aliphatic heterocycles. The van der Waals surface area contributed by atoms with Crippen LogP contribution in [-0.2, 0) is 6.54 Å². The molecule has 0 spiro atoms. The highest BCUT2D eigenvalue weighted by Crippen LogP contribution is 2.28. The summed E-state index contributed by atoms with van der Waals surface area (Å²) in [5.41, 5.74) is 1.75. The summed E-state index contributed by atoms with van der Waals surface area (Å²) >= 11 is 6.71. The number of halogens is 3. The number of rotatable bonds is 4. The SMILES string of the molecule is COc1ccc(Br)c(NCc2cccc(F)c2Br)c1. The zero-order chi connectivity index (χ0) is 13.8. The van der Waals surface area contributed by atoms with E-state index in [-0.39, 0.29) is 5.82 Å². The summed E-state index contributed by atoms with van der Waals surface area (Å²) in [6, 6.07) is 10.6. The standard InChI is InChI=1S/C14H12Br2FNO/c1-19-10-5-6-11(15)13(7-10)18-8-9-3-2-4-12(17)14(9)16/h2-7,18H,8H2,1H3. The van der Waals surface area contributed by atoms with Gasteiger partial charge in [0, 0.05) is 17.1 Å². The molecule has 1 N–H and O–H groups in total. The van der Waals surface area contributed by atoms with E-state index in [4.69, 9.17) is 4.74 Å². The lowest BCUT2D eigenvalue weighted by Crippen LogP contribution is -2.02. The zero-order valence-electron chi connectivity index (χ0n) is 10.2. The van der Waals surface area contributed by atoms with Crippen LogP contribution in [-0.4, -0.2) is 7.11 Å². The fraction of sp³-hybridized carbons (Fsp3) is 0.143. The Bertz CT molecular complexity index is 590. The molecular weight excluding hydrogens is 377 g/mol. The molecule has 0 atom stereocenters. The molecule has 19 heavy (non-hydrogen) atoms. The van der Waals surface area contributed by atoms with Gasteiger partial charge in [0.05, 0.1) is 17.3 Å². The predicted octanol–water partition coefficient (Wildman–Crippen LogP) is 4.97. The highest BCUT2D eigenvalue weighted by atomic mass is 79.9. The first-order valence-electron chi connectivity index (χ1n) is 5.62. The molecule has 2 nitrogen and oxygen atoms in total. The molecule has 0 amide bonds. The molecule has 5 heteroatoms. The first-order chi connectivity index (χ1) is 9.11. The largest absolute Gasteiger partial charge is 0.497 e. The van der Waals surface area contributed by atoms with Crippen LogP contribution in [0.2, 0.25) is 0 Å². The molecule has 0 radical (unpaired) electrons. The van der Waals surface area contributed by atoms with Crippen molar-refractivity contribution in [1.82, 2.24) is 0 Å². The van der Waals surface area contributed by atoms with Crippen LogP contribution in [0, 0.1) is 5.82 Å². The Labute approximate surface area is 128 Å². The van der Waals surface area contributed by atoms with E-state index in [9.17, 15) is 4.39 Å². The molecule has 0 unspecified atom stereocenters. The molecule has 0 saturated heterocycles. The molecular formula is C14H12Br2FNO. The Hall–Kier alpha value is -1.07. The van der Waals surface area contributed by atoms with Gasteiger partial charge < -0.3 is 10.1 Å². The molecule has 0 aliphatic carbocycles. The molecule has 0 bridgehead atoms. The van der Waals surface area contributed by atoms with Crippen molar-refractivity contribution in [2.75, 3.05) is 12.4 Å². The fourth-order valence-electron chi connectivity index (χ4n) is 1.64. The lowest BCUT2D eigenvalue weighted by atomic mass is 10.2. The maximum absolute atomic E-state index is 13.4. The number of ether oxygens (including phenoxy) is 1. The number of benzene rings is 2. The van der Waals surface area contributed by atoms with Crippen LogP contribution in [0.1, 0.15) is 5.56 Å². The summed E-state index contributed by atoms with van der Waals surface area (Å²) in [6.45, 7) is 0.518. The van der Waals surface area contributed by atoms with Crippen LogP contribution in [0.3, 0.4) is 0 Å². The summed E-state index contributed by atoms with van der Waals surface area (Å²) < 4.78 is 20.0. The van der Waals surface area contributed by atoms with Gasteiger partial charge in [-0.05, 0) is 55.6 Å². The van der Waals surface area contributed by atoms with Crippen LogP contribution >= 0.6 is 31.9 Å². The Morgan fingerprint density at radius 2 is 2.00 bits per heavy atom. The highest BCUT2D eigenvalue weighted by molar-refractivity contribution is 9.11. The number of anilines is 1. The van der Waals surface area contributed by atoms with Crippen molar-refractivity contribution in [3.8, 4) is 5.75 Å². The molecule has 2 rings (SSSR count). The number of hydrogen-bond acceptors (Lipinski definition) is 2. The number of nitrogens with one attached hydrogen (secondary N) is 1. The number of hydrogen-bond donors (Lipinski definition) is 1. The molecule has 0 heterocycles. The van der Waals surface area contributed by atoms with Gasteiger partial charge in [-0.25, -0.2) is 4.39 Å². The minimum absolute atomic E-state index is 0.260. The summed E-state index contributed by atoms with van der Waals surface area (Å²) in [4.78, 5) is 0. The van der Waals surface area contributed by atoms with Crippen LogP contribution in [0.15, 0.2) is 45.3 Å². The smallest absolute Gasteiger partial charge is 0.137 e. The summed E-state index contributed by atoms with van der Waals surface area (Å²) in [5, 5.41) is 3.25. The first-order valence-corrected chi connectivity index (χ1v) is 7.20. The van der Waals surface area contributed by atoms with Gasteiger partial charge in [0.1, 0.15) is 11.6 Å². The third-order valence-corrected chi connectivity index (χ3v) is 4.25. The lowest BCUT2D eigenvalue weighted by Gasteiger charge is -2.11. The summed E-state index contributed by atoms with van der Waals surface area (Å²) in [5.74, 6) is 0.507. The van der Waals surface area contributed by atoms with Gasteiger partial charge in [0.2, 0.25) is 0 Å². The van der Waals surface area contributed by atoms with E-state index in [0.29, 0.717) is 11.0 Å². The minimum atomic E-state index is -0.260. The first kappa shape index (κ1) is 14.3. The topological polar surface area (TPSA) is 21.3 Å². The predicted molar refractivity (Wildman–Crippen MR) is 82.1 cm³/mol. The van der Waals surface area contributed by atoms with E-state index in [2.05, 4.69) is 37.2 Å². The van der Waals surface area contributed by atoms with Crippen molar-refractivity contribution < 1.29 is 9.13 Å². The minimum Gasteiger partial charge on any atom is -0.497 e. The van der Waals surface area contributed by atoms with Crippen LogP contribution in [0.5, 0.6) is 5.75 Å². The molecule has 0 aromatic heterocycles. The molecule has 0 fully saturated rings. The van der Waals surface area contributed by atoms with E-state index in [1.807, 2.05) is 24.3 Å². The number of methoxy groups -OCH3 is 1. The second-order valence-electron chi connectivity index (χ2n) is 3.91. The van der Waals surface area contributed by atoms with Crippen LogP contribution < -0.4 is 10.1 Å². The van der Waals surface area contributed by atoms with E-state index in [0.717, 1.165) is 21.5 Å². The third kappa shape index (κ3) is 3.48. The molecule has 2 aromatic carbocycles. The average molecular weight is 389 g/mol. The van der Waals surface area contributed by atoms with Gasteiger partial charge >= 0.3 is 0 Å². The van der Waals surface area contributed by atoms with Crippen molar-refractivity contribution >= 4 is 37.5 Å². The summed E-state index contributed by atoms with van der Waals surface area (Å²) in [6.07, 6.45) is 0. The monoisotopic (exact) mass is 387 g/mol. The zero-order valence-corrected chi connectivity index (χ0v) is 13.4. The molecule has 0 aliphatic rings. The second kappa shape index (κ2) is 6.39. The molecule has 100 valence electrons. The molecule has 2 aromatic rings. The third-order valence-electron chi connectivity index (χ3n) is 2.67. The average Bonchev–Trinajstić information content (AvgIpc) is 2.42.